The Kier molecular flexibility index (Phi) is 20.0. The summed E-state index contributed by atoms with van der Waals surface area (Å²) in [7, 11) is 0. The molecule has 0 atom stereocenters. The Morgan fingerprint density at radius 2 is 1.38 bits per heavy atom. The SMILES string of the molecule is C=C(C)C(=O)OCCCNC(=O)CCCCCCC/C=C\CCCCCCCC. The predicted molar refractivity (Wildman–Crippen MR) is 123 cm³/mol. The van der Waals surface area contributed by atoms with Crippen LogP contribution in [0.3, 0.4) is 0 Å². The second-order valence-corrected chi connectivity index (χ2v) is 7.95. The highest BCUT2D eigenvalue weighted by atomic mass is 16.5. The van der Waals surface area contributed by atoms with E-state index in [2.05, 4.69) is 31.0 Å². The molecule has 0 bridgehead atoms. The van der Waals surface area contributed by atoms with Crippen molar-refractivity contribution in [2.45, 2.75) is 110 Å². The molecule has 0 aromatic rings. The van der Waals surface area contributed by atoms with Crippen LogP contribution >= 0.6 is 0 Å². The molecule has 1 N–H and O–H groups in total. The Morgan fingerprint density at radius 1 is 0.828 bits per heavy atom. The molecule has 4 heteroatoms. The number of esters is 1. The third-order valence-corrected chi connectivity index (χ3v) is 4.89. The van der Waals surface area contributed by atoms with E-state index in [0.29, 0.717) is 31.6 Å². The Labute approximate surface area is 179 Å². The summed E-state index contributed by atoms with van der Waals surface area (Å²) < 4.78 is 4.98. The van der Waals surface area contributed by atoms with Gasteiger partial charge in [0.1, 0.15) is 0 Å². The van der Waals surface area contributed by atoms with Crippen LogP contribution in [0.15, 0.2) is 24.3 Å². The highest BCUT2D eigenvalue weighted by molar-refractivity contribution is 5.86. The lowest BCUT2D eigenvalue weighted by Gasteiger charge is -2.06. The predicted octanol–water partition coefficient (Wildman–Crippen LogP) is 6.65. The van der Waals surface area contributed by atoms with E-state index >= 15 is 0 Å². The minimum atomic E-state index is -0.371. The number of ether oxygens (including phenoxy) is 1. The van der Waals surface area contributed by atoms with Crippen molar-refractivity contribution in [3.63, 3.8) is 0 Å². The number of carbonyl (C=O) groups excluding carboxylic acids is 2. The smallest absolute Gasteiger partial charge is 0.333 e. The molecule has 4 nitrogen and oxygen atoms in total. The van der Waals surface area contributed by atoms with Crippen LogP contribution in [0.2, 0.25) is 0 Å². The maximum Gasteiger partial charge on any atom is 0.333 e. The largest absolute Gasteiger partial charge is 0.462 e. The van der Waals surface area contributed by atoms with Gasteiger partial charge in [-0.15, -0.1) is 0 Å². The summed E-state index contributed by atoms with van der Waals surface area (Å²) in [4.78, 5) is 22.9. The van der Waals surface area contributed by atoms with Gasteiger partial charge >= 0.3 is 5.97 Å². The molecule has 0 heterocycles. The van der Waals surface area contributed by atoms with Crippen LogP contribution in [-0.2, 0) is 14.3 Å². The quantitative estimate of drug-likeness (QED) is 0.106. The van der Waals surface area contributed by atoms with E-state index in [1.54, 1.807) is 6.92 Å². The minimum Gasteiger partial charge on any atom is -0.462 e. The van der Waals surface area contributed by atoms with Gasteiger partial charge in [0.2, 0.25) is 5.91 Å². The number of carbonyl (C=O) groups is 2. The summed E-state index contributed by atoms with van der Waals surface area (Å²) in [6.45, 7) is 8.28. The van der Waals surface area contributed by atoms with Crippen molar-refractivity contribution in [1.29, 1.82) is 0 Å². The molecule has 0 saturated carbocycles. The van der Waals surface area contributed by atoms with Gasteiger partial charge in [0.15, 0.2) is 0 Å². The van der Waals surface area contributed by atoms with Crippen molar-refractivity contribution in [3.05, 3.63) is 24.3 Å². The summed E-state index contributed by atoms with van der Waals surface area (Å²) in [5.74, 6) is -0.279. The van der Waals surface area contributed by atoms with Gasteiger partial charge in [-0.25, -0.2) is 4.79 Å². The van der Waals surface area contributed by atoms with Gasteiger partial charge in [0.25, 0.3) is 0 Å². The number of nitrogens with one attached hydrogen (secondary N) is 1. The third kappa shape index (κ3) is 21.0. The standard InChI is InChI=1S/C25H45NO3/c1-4-5-6-7-8-9-10-11-12-13-14-15-16-17-18-20-24(27)26-21-19-22-29-25(28)23(2)3/h11-12H,2,4-10,13-22H2,1,3H3,(H,26,27)/b12-11-. The first-order valence-corrected chi connectivity index (χ1v) is 11.8. The topological polar surface area (TPSA) is 55.4 Å². The first-order valence-electron chi connectivity index (χ1n) is 11.8. The van der Waals surface area contributed by atoms with Crippen LogP contribution in [0.25, 0.3) is 0 Å². The lowest BCUT2D eigenvalue weighted by molar-refractivity contribution is -0.138. The van der Waals surface area contributed by atoms with Crippen molar-refractivity contribution in [3.8, 4) is 0 Å². The summed E-state index contributed by atoms with van der Waals surface area (Å²) in [6.07, 6.45) is 22.3. The molecule has 0 aromatic carbocycles. The molecule has 1 amide bonds. The summed E-state index contributed by atoms with van der Waals surface area (Å²) in [6, 6.07) is 0. The molecule has 0 aliphatic heterocycles. The molecule has 0 saturated heterocycles. The second kappa shape index (κ2) is 21.1. The monoisotopic (exact) mass is 407 g/mol. The van der Waals surface area contributed by atoms with E-state index in [9.17, 15) is 9.59 Å². The van der Waals surface area contributed by atoms with Crippen LogP contribution < -0.4 is 5.32 Å². The van der Waals surface area contributed by atoms with Crippen LogP contribution in [0.4, 0.5) is 0 Å². The van der Waals surface area contributed by atoms with E-state index in [1.165, 1.54) is 70.6 Å². The van der Waals surface area contributed by atoms with Crippen molar-refractivity contribution in [1.82, 2.24) is 5.32 Å². The summed E-state index contributed by atoms with van der Waals surface area (Å²) >= 11 is 0. The average molecular weight is 408 g/mol. The third-order valence-electron chi connectivity index (χ3n) is 4.89. The minimum absolute atomic E-state index is 0.0915. The zero-order valence-corrected chi connectivity index (χ0v) is 19.1. The maximum atomic E-state index is 11.7. The fourth-order valence-corrected chi connectivity index (χ4v) is 3.03. The maximum absolute atomic E-state index is 11.7. The van der Waals surface area contributed by atoms with E-state index in [0.717, 1.165) is 12.8 Å². The van der Waals surface area contributed by atoms with Crippen molar-refractivity contribution in [2.24, 2.45) is 0 Å². The van der Waals surface area contributed by atoms with Gasteiger partial charge in [-0.1, -0.05) is 77.0 Å². The average Bonchev–Trinajstić information content (AvgIpc) is 2.70. The van der Waals surface area contributed by atoms with Crippen molar-refractivity contribution in [2.75, 3.05) is 13.2 Å². The van der Waals surface area contributed by atoms with Crippen LogP contribution in [0.1, 0.15) is 110 Å². The van der Waals surface area contributed by atoms with Crippen LogP contribution in [-0.4, -0.2) is 25.0 Å². The molecule has 0 fully saturated rings. The molecular formula is C25H45NO3. The second-order valence-electron chi connectivity index (χ2n) is 7.95. The Bertz CT molecular complexity index is 457. The summed E-state index contributed by atoms with van der Waals surface area (Å²) in [5.41, 5.74) is 0.401. The van der Waals surface area contributed by atoms with E-state index in [1.807, 2.05) is 0 Å². The lowest BCUT2D eigenvalue weighted by atomic mass is 10.1. The van der Waals surface area contributed by atoms with E-state index < -0.39 is 0 Å². The van der Waals surface area contributed by atoms with Gasteiger partial charge in [-0.3, -0.25) is 4.79 Å². The lowest BCUT2D eigenvalue weighted by Crippen LogP contribution is -2.25. The molecule has 29 heavy (non-hydrogen) atoms. The number of amides is 1. The fraction of sp³-hybridized carbons (Fsp3) is 0.760. The number of hydrogen-bond acceptors (Lipinski definition) is 3. The number of allylic oxidation sites excluding steroid dienone is 2. The van der Waals surface area contributed by atoms with Crippen LogP contribution in [0, 0.1) is 0 Å². The van der Waals surface area contributed by atoms with Crippen molar-refractivity contribution < 1.29 is 14.3 Å². The number of hydrogen-bond donors (Lipinski definition) is 1. The Balaban J connectivity index is 3.29. The van der Waals surface area contributed by atoms with Gasteiger partial charge < -0.3 is 10.1 Å². The first kappa shape index (κ1) is 27.4. The molecule has 0 radical (unpaired) electrons. The fourth-order valence-electron chi connectivity index (χ4n) is 3.03. The zero-order chi connectivity index (χ0) is 21.6. The molecule has 0 spiro atoms. The molecule has 0 aliphatic rings. The van der Waals surface area contributed by atoms with Gasteiger partial charge in [-0.2, -0.15) is 0 Å². The van der Waals surface area contributed by atoms with Gasteiger partial charge in [-0.05, 0) is 45.4 Å². The highest BCUT2D eigenvalue weighted by Gasteiger charge is 2.03. The van der Waals surface area contributed by atoms with Crippen molar-refractivity contribution >= 4 is 11.9 Å². The molecule has 0 rings (SSSR count). The number of unbranched alkanes of at least 4 members (excludes halogenated alkanes) is 11. The Morgan fingerprint density at radius 3 is 1.97 bits per heavy atom. The van der Waals surface area contributed by atoms with Crippen LogP contribution in [0.5, 0.6) is 0 Å². The molecular weight excluding hydrogens is 362 g/mol. The van der Waals surface area contributed by atoms with Gasteiger partial charge in [0, 0.05) is 18.5 Å². The van der Waals surface area contributed by atoms with E-state index in [-0.39, 0.29) is 11.9 Å². The van der Waals surface area contributed by atoms with E-state index in [4.69, 9.17) is 4.74 Å². The Hall–Kier alpha value is -1.58. The molecule has 0 aromatic heterocycles. The zero-order valence-electron chi connectivity index (χ0n) is 19.1. The number of rotatable bonds is 20. The highest BCUT2D eigenvalue weighted by Crippen LogP contribution is 2.10. The first-order chi connectivity index (χ1) is 14.1. The summed E-state index contributed by atoms with van der Waals surface area (Å²) in [5, 5.41) is 2.87. The van der Waals surface area contributed by atoms with Gasteiger partial charge in [0.05, 0.1) is 6.61 Å². The molecule has 0 aliphatic carbocycles. The molecule has 168 valence electrons. The molecule has 0 unspecified atom stereocenters. The normalized spacial score (nSPS) is 11.0.